The van der Waals surface area contributed by atoms with Crippen molar-refractivity contribution in [2.75, 3.05) is 17.1 Å². The topological polar surface area (TPSA) is 58.2 Å². The maximum atomic E-state index is 12.2. The lowest BCUT2D eigenvalue weighted by atomic mass is 10.3. The molecule has 0 unspecified atom stereocenters. The summed E-state index contributed by atoms with van der Waals surface area (Å²) in [7, 11) is -1.96. The molecule has 0 atom stereocenters. The standard InChI is InChI=1S/C13H12Cl2N2O2S/c1-16-10-3-5-11(6-4-10)17-20(18,19)13-7-2-9(14)8-12(13)15/h2-8,16-17H,1H3. The van der Waals surface area contributed by atoms with Gasteiger partial charge in [0.1, 0.15) is 4.90 Å². The Hall–Kier alpha value is -1.43. The van der Waals surface area contributed by atoms with E-state index in [1.165, 1.54) is 18.2 Å². The number of halogens is 2. The first-order chi connectivity index (χ1) is 9.42. The molecule has 0 aliphatic carbocycles. The van der Waals surface area contributed by atoms with Crippen molar-refractivity contribution in [3.8, 4) is 0 Å². The minimum absolute atomic E-state index is 0.0127. The van der Waals surface area contributed by atoms with E-state index in [0.29, 0.717) is 10.7 Å². The van der Waals surface area contributed by atoms with Gasteiger partial charge < -0.3 is 5.32 Å². The van der Waals surface area contributed by atoms with Crippen LogP contribution >= 0.6 is 23.2 Å². The van der Waals surface area contributed by atoms with Crippen LogP contribution in [-0.4, -0.2) is 15.5 Å². The molecule has 2 aromatic rings. The van der Waals surface area contributed by atoms with E-state index in [1.807, 2.05) is 0 Å². The average molecular weight is 331 g/mol. The Bertz CT molecular complexity index is 716. The fourth-order valence-electron chi connectivity index (χ4n) is 1.61. The zero-order valence-corrected chi connectivity index (χ0v) is 12.9. The highest BCUT2D eigenvalue weighted by atomic mass is 35.5. The van der Waals surface area contributed by atoms with Gasteiger partial charge in [-0.3, -0.25) is 4.72 Å². The highest BCUT2D eigenvalue weighted by Gasteiger charge is 2.18. The number of hydrogen-bond donors (Lipinski definition) is 2. The number of anilines is 2. The molecule has 0 aromatic heterocycles. The van der Waals surface area contributed by atoms with Crippen molar-refractivity contribution in [1.29, 1.82) is 0 Å². The lowest BCUT2D eigenvalue weighted by molar-refractivity contribution is 0.601. The molecule has 20 heavy (non-hydrogen) atoms. The molecule has 0 saturated carbocycles. The molecular weight excluding hydrogens is 319 g/mol. The molecule has 0 aliphatic heterocycles. The summed E-state index contributed by atoms with van der Waals surface area (Å²) in [6.07, 6.45) is 0. The van der Waals surface area contributed by atoms with Crippen LogP contribution in [0.5, 0.6) is 0 Å². The second-order valence-electron chi connectivity index (χ2n) is 4.01. The van der Waals surface area contributed by atoms with Crippen LogP contribution in [0, 0.1) is 0 Å². The lowest BCUT2D eigenvalue weighted by Gasteiger charge is -2.10. The van der Waals surface area contributed by atoms with Crippen molar-refractivity contribution in [1.82, 2.24) is 0 Å². The number of rotatable bonds is 4. The van der Waals surface area contributed by atoms with Crippen LogP contribution in [0.1, 0.15) is 0 Å². The number of hydrogen-bond acceptors (Lipinski definition) is 3. The van der Waals surface area contributed by atoms with Crippen LogP contribution < -0.4 is 10.0 Å². The van der Waals surface area contributed by atoms with Gasteiger partial charge in [-0.2, -0.15) is 0 Å². The molecule has 0 amide bonds. The molecule has 0 spiro atoms. The molecular formula is C13H12Cl2N2O2S. The van der Waals surface area contributed by atoms with Gasteiger partial charge in [-0.1, -0.05) is 23.2 Å². The van der Waals surface area contributed by atoms with Crippen molar-refractivity contribution in [2.45, 2.75) is 4.90 Å². The van der Waals surface area contributed by atoms with Crippen molar-refractivity contribution in [3.05, 3.63) is 52.5 Å². The van der Waals surface area contributed by atoms with Gasteiger partial charge in [0.15, 0.2) is 0 Å². The molecule has 0 heterocycles. The van der Waals surface area contributed by atoms with E-state index in [1.54, 1.807) is 31.3 Å². The predicted molar refractivity (Wildman–Crippen MR) is 83.3 cm³/mol. The molecule has 0 saturated heterocycles. The highest BCUT2D eigenvalue weighted by Crippen LogP contribution is 2.27. The quantitative estimate of drug-likeness (QED) is 0.895. The fourth-order valence-corrected chi connectivity index (χ4v) is 3.44. The predicted octanol–water partition coefficient (Wildman–Crippen LogP) is 3.84. The summed E-state index contributed by atoms with van der Waals surface area (Å²) in [5.41, 5.74) is 1.34. The smallest absolute Gasteiger partial charge is 0.263 e. The first-order valence-corrected chi connectivity index (χ1v) is 7.92. The summed E-state index contributed by atoms with van der Waals surface area (Å²) in [6, 6.07) is 11.1. The minimum atomic E-state index is -3.74. The van der Waals surface area contributed by atoms with Crippen LogP contribution in [0.3, 0.4) is 0 Å². The Kier molecular flexibility index (Phi) is 4.42. The molecule has 0 aliphatic rings. The van der Waals surface area contributed by atoms with E-state index in [-0.39, 0.29) is 9.92 Å². The summed E-state index contributed by atoms with van der Waals surface area (Å²) in [5.74, 6) is 0. The molecule has 0 bridgehead atoms. The van der Waals surface area contributed by atoms with E-state index in [2.05, 4.69) is 10.0 Å². The van der Waals surface area contributed by atoms with E-state index >= 15 is 0 Å². The van der Waals surface area contributed by atoms with Gasteiger partial charge in [-0.15, -0.1) is 0 Å². The van der Waals surface area contributed by atoms with E-state index in [4.69, 9.17) is 23.2 Å². The van der Waals surface area contributed by atoms with Gasteiger partial charge in [0.2, 0.25) is 0 Å². The Morgan fingerprint density at radius 3 is 2.10 bits per heavy atom. The van der Waals surface area contributed by atoms with Gasteiger partial charge in [0.25, 0.3) is 10.0 Å². The van der Waals surface area contributed by atoms with Crippen molar-refractivity contribution in [3.63, 3.8) is 0 Å². The number of sulfonamides is 1. The SMILES string of the molecule is CNc1ccc(NS(=O)(=O)c2ccc(Cl)cc2Cl)cc1. The minimum Gasteiger partial charge on any atom is -0.388 e. The zero-order valence-electron chi connectivity index (χ0n) is 10.5. The summed E-state index contributed by atoms with van der Waals surface area (Å²) in [4.78, 5) is -0.0127. The molecule has 106 valence electrons. The normalized spacial score (nSPS) is 11.2. The van der Waals surface area contributed by atoms with E-state index in [9.17, 15) is 8.42 Å². The number of benzene rings is 2. The Morgan fingerprint density at radius 2 is 1.55 bits per heavy atom. The third-order valence-corrected chi connectivity index (χ3v) is 4.71. The van der Waals surface area contributed by atoms with Crippen LogP contribution in [0.25, 0.3) is 0 Å². The zero-order chi connectivity index (χ0) is 14.8. The monoisotopic (exact) mass is 330 g/mol. The molecule has 2 N–H and O–H groups in total. The summed E-state index contributed by atoms with van der Waals surface area (Å²) >= 11 is 11.7. The van der Waals surface area contributed by atoms with Crippen molar-refractivity contribution >= 4 is 44.6 Å². The van der Waals surface area contributed by atoms with Gasteiger partial charge in [-0.25, -0.2) is 8.42 Å². The summed E-state index contributed by atoms with van der Waals surface area (Å²) in [6.45, 7) is 0. The molecule has 0 radical (unpaired) electrons. The van der Waals surface area contributed by atoms with Crippen LogP contribution in [0.4, 0.5) is 11.4 Å². The molecule has 2 rings (SSSR count). The van der Waals surface area contributed by atoms with Crippen LogP contribution in [-0.2, 0) is 10.0 Å². The molecule has 7 heteroatoms. The molecule has 2 aromatic carbocycles. The summed E-state index contributed by atoms with van der Waals surface area (Å²) < 4.78 is 26.9. The van der Waals surface area contributed by atoms with E-state index in [0.717, 1.165) is 5.69 Å². The van der Waals surface area contributed by atoms with Crippen LogP contribution in [0.15, 0.2) is 47.4 Å². The summed E-state index contributed by atoms with van der Waals surface area (Å²) in [5, 5.41) is 3.41. The largest absolute Gasteiger partial charge is 0.388 e. The first kappa shape index (κ1) is 15.0. The molecule has 4 nitrogen and oxygen atoms in total. The highest BCUT2D eigenvalue weighted by molar-refractivity contribution is 7.92. The van der Waals surface area contributed by atoms with Gasteiger partial charge in [0, 0.05) is 23.4 Å². The van der Waals surface area contributed by atoms with Gasteiger partial charge in [-0.05, 0) is 42.5 Å². The Labute approximate surface area is 127 Å². The third kappa shape index (κ3) is 3.36. The maximum Gasteiger partial charge on any atom is 0.263 e. The van der Waals surface area contributed by atoms with Crippen molar-refractivity contribution in [2.24, 2.45) is 0 Å². The molecule has 0 fully saturated rings. The first-order valence-electron chi connectivity index (χ1n) is 5.68. The average Bonchev–Trinajstić information content (AvgIpc) is 2.38. The van der Waals surface area contributed by atoms with Gasteiger partial charge >= 0.3 is 0 Å². The van der Waals surface area contributed by atoms with Gasteiger partial charge in [0.05, 0.1) is 5.02 Å². The third-order valence-electron chi connectivity index (χ3n) is 2.61. The lowest BCUT2D eigenvalue weighted by Crippen LogP contribution is -2.13. The fraction of sp³-hybridized carbons (Fsp3) is 0.0769. The van der Waals surface area contributed by atoms with Crippen molar-refractivity contribution < 1.29 is 8.42 Å². The Morgan fingerprint density at radius 1 is 0.950 bits per heavy atom. The van der Waals surface area contributed by atoms with E-state index < -0.39 is 10.0 Å². The maximum absolute atomic E-state index is 12.2. The Balaban J connectivity index is 2.30. The van der Waals surface area contributed by atoms with Crippen LogP contribution in [0.2, 0.25) is 10.0 Å². The number of nitrogens with one attached hydrogen (secondary N) is 2. The second-order valence-corrected chi connectivity index (χ2v) is 6.50. The second kappa shape index (κ2) is 5.91.